The number of aryl methyl sites for hydroxylation is 1. The Morgan fingerprint density at radius 3 is 2.52 bits per heavy atom. The van der Waals surface area contributed by atoms with Crippen LogP contribution in [0.3, 0.4) is 0 Å². The molecule has 1 heterocycles. The third kappa shape index (κ3) is 4.22. The zero-order chi connectivity index (χ0) is 18.6. The van der Waals surface area contributed by atoms with Gasteiger partial charge in [0.2, 0.25) is 5.89 Å². The largest absolute Gasteiger partial charge is 0.480 e. The number of hydrogen-bond donors (Lipinski definition) is 1. The van der Waals surface area contributed by atoms with Crippen molar-refractivity contribution < 1.29 is 14.4 Å². The maximum absolute atomic E-state index is 11.8. The highest BCUT2D eigenvalue weighted by Crippen LogP contribution is 2.26. The molecular formula is C18H22N4O3. The van der Waals surface area contributed by atoms with Gasteiger partial charge in [-0.15, -0.1) is 0 Å². The van der Waals surface area contributed by atoms with Crippen molar-refractivity contribution in [1.29, 1.82) is 5.26 Å². The van der Waals surface area contributed by atoms with Crippen molar-refractivity contribution in [2.45, 2.75) is 45.2 Å². The van der Waals surface area contributed by atoms with E-state index in [0.717, 1.165) is 5.56 Å². The molecule has 0 spiro atoms. The molecule has 1 N–H and O–H groups in total. The van der Waals surface area contributed by atoms with Crippen LogP contribution in [-0.2, 0) is 23.2 Å². The molecule has 1 aromatic heterocycles. The van der Waals surface area contributed by atoms with Gasteiger partial charge < -0.3 is 9.63 Å². The van der Waals surface area contributed by atoms with Crippen LogP contribution in [0.1, 0.15) is 49.7 Å². The van der Waals surface area contributed by atoms with Gasteiger partial charge in [0, 0.05) is 6.42 Å². The number of carboxylic acids is 1. The predicted molar refractivity (Wildman–Crippen MR) is 90.6 cm³/mol. The summed E-state index contributed by atoms with van der Waals surface area (Å²) in [5.41, 5.74) is 0.854. The molecule has 0 aliphatic carbocycles. The molecule has 7 heteroatoms. The van der Waals surface area contributed by atoms with Gasteiger partial charge in [0.05, 0.1) is 18.0 Å². The normalized spacial score (nSPS) is 12.8. The first-order chi connectivity index (χ1) is 11.8. The minimum atomic E-state index is -0.964. The second-order valence-corrected chi connectivity index (χ2v) is 6.47. The summed E-state index contributed by atoms with van der Waals surface area (Å²) in [7, 11) is 1.70. The molecule has 0 fully saturated rings. The number of hydrogen-bond acceptors (Lipinski definition) is 6. The summed E-state index contributed by atoms with van der Waals surface area (Å²) in [6, 6.07) is 8.48. The Morgan fingerprint density at radius 2 is 2.04 bits per heavy atom. The molecule has 1 aromatic carbocycles. The van der Waals surface area contributed by atoms with E-state index in [-0.39, 0.29) is 6.54 Å². The van der Waals surface area contributed by atoms with Gasteiger partial charge in [-0.25, -0.2) is 0 Å². The van der Waals surface area contributed by atoms with Crippen LogP contribution in [0.5, 0.6) is 0 Å². The summed E-state index contributed by atoms with van der Waals surface area (Å²) in [6.07, 6.45) is 0.634. The average Bonchev–Trinajstić information content (AvgIpc) is 3.02. The molecule has 0 aliphatic heterocycles. The van der Waals surface area contributed by atoms with Crippen LogP contribution in [0.2, 0.25) is 0 Å². The Kier molecular flexibility index (Phi) is 5.55. The number of rotatable bonds is 7. The van der Waals surface area contributed by atoms with E-state index < -0.39 is 17.4 Å². The van der Waals surface area contributed by atoms with Crippen LogP contribution < -0.4 is 0 Å². The standard InChI is InChI=1S/C18H22N4O3/c1-5-15-20-14(21-25-15)10-22(4)16(17(23)24)12-6-8-13(9-7-12)18(2,3)11-19/h6-9,16H,5,10H2,1-4H3,(H,23,24)/t16-/m0/s1. The van der Waals surface area contributed by atoms with Crippen molar-refractivity contribution in [2.75, 3.05) is 7.05 Å². The fraction of sp³-hybridized carbons (Fsp3) is 0.444. The van der Waals surface area contributed by atoms with Gasteiger partial charge in [0.25, 0.3) is 0 Å². The van der Waals surface area contributed by atoms with E-state index in [2.05, 4.69) is 16.2 Å². The first-order valence-electron chi connectivity index (χ1n) is 8.04. The fourth-order valence-electron chi connectivity index (χ4n) is 2.54. The zero-order valence-electron chi connectivity index (χ0n) is 14.9. The molecule has 0 unspecified atom stereocenters. The lowest BCUT2D eigenvalue weighted by Crippen LogP contribution is -2.31. The van der Waals surface area contributed by atoms with Gasteiger partial charge in [-0.05, 0) is 32.0 Å². The number of aliphatic carboxylic acids is 1. The van der Waals surface area contributed by atoms with E-state index in [4.69, 9.17) is 4.52 Å². The second kappa shape index (κ2) is 7.45. The monoisotopic (exact) mass is 342 g/mol. The van der Waals surface area contributed by atoms with E-state index in [0.29, 0.717) is 23.7 Å². The SMILES string of the molecule is CCc1nc(CN(C)[C@H](C(=O)O)c2ccc(C(C)(C)C#N)cc2)no1. The molecule has 0 aliphatic rings. The van der Waals surface area contributed by atoms with E-state index in [1.54, 1.807) is 36.2 Å². The summed E-state index contributed by atoms with van der Waals surface area (Å²) in [5.74, 6) is 0.0141. The van der Waals surface area contributed by atoms with Gasteiger partial charge >= 0.3 is 5.97 Å². The molecule has 0 amide bonds. The summed E-state index contributed by atoms with van der Waals surface area (Å²) >= 11 is 0. The topological polar surface area (TPSA) is 103 Å². The van der Waals surface area contributed by atoms with Crippen LogP contribution in [0.15, 0.2) is 28.8 Å². The first kappa shape index (κ1) is 18.6. The molecule has 2 aromatic rings. The van der Waals surface area contributed by atoms with Crippen molar-refractivity contribution in [3.05, 3.63) is 47.1 Å². The zero-order valence-corrected chi connectivity index (χ0v) is 14.9. The van der Waals surface area contributed by atoms with Crippen LogP contribution in [-0.4, -0.2) is 33.2 Å². The van der Waals surface area contributed by atoms with Crippen molar-refractivity contribution in [3.8, 4) is 6.07 Å². The number of carboxylic acid groups (broad SMARTS) is 1. The predicted octanol–water partition coefficient (Wildman–Crippen LogP) is 2.69. The van der Waals surface area contributed by atoms with Crippen LogP contribution in [0.25, 0.3) is 0 Å². The number of likely N-dealkylation sites (N-methyl/N-ethyl adjacent to an activating group) is 1. The molecule has 2 rings (SSSR count). The summed E-state index contributed by atoms with van der Waals surface area (Å²) in [5, 5.41) is 22.7. The minimum Gasteiger partial charge on any atom is -0.480 e. The Bertz CT molecular complexity index is 774. The summed E-state index contributed by atoms with van der Waals surface area (Å²) < 4.78 is 5.06. The Morgan fingerprint density at radius 1 is 1.40 bits per heavy atom. The third-order valence-electron chi connectivity index (χ3n) is 4.11. The van der Waals surface area contributed by atoms with Crippen molar-refractivity contribution in [2.24, 2.45) is 0 Å². The van der Waals surface area contributed by atoms with Crippen molar-refractivity contribution >= 4 is 5.97 Å². The van der Waals surface area contributed by atoms with Gasteiger partial charge in [0.15, 0.2) is 5.82 Å². The van der Waals surface area contributed by atoms with Crippen LogP contribution in [0, 0.1) is 11.3 Å². The lowest BCUT2D eigenvalue weighted by Gasteiger charge is -2.24. The van der Waals surface area contributed by atoms with Crippen molar-refractivity contribution in [3.63, 3.8) is 0 Å². The molecule has 25 heavy (non-hydrogen) atoms. The average molecular weight is 342 g/mol. The number of aromatic nitrogens is 2. The lowest BCUT2D eigenvalue weighted by molar-refractivity contribution is -0.143. The van der Waals surface area contributed by atoms with Gasteiger partial charge in [-0.2, -0.15) is 10.2 Å². The molecule has 0 radical (unpaired) electrons. The highest BCUT2D eigenvalue weighted by molar-refractivity contribution is 5.75. The lowest BCUT2D eigenvalue weighted by atomic mass is 9.85. The van der Waals surface area contributed by atoms with Crippen molar-refractivity contribution in [1.82, 2.24) is 15.0 Å². The fourth-order valence-corrected chi connectivity index (χ4v) is 2.54. The molecule has 0 bridgehead atoms. The molecule has 1 atom stereocenters. The number of nitrogens with zero attached hydrogens (tertiary/aromatic N) is 4. The third-order valence-corrected chi connectivity index (χ3v) is 4.11. The Balaban J connectivity index is 2.22. The quantitative estimate of drug-likeness (QED) is 0.825. The maximum Gasteiger partial charge on any atom is 0.325 e. The van der Waals surface area contributed by atoms with E-state index in [1.807, 2.05) is 20.8 Å². The smallest absolute Gasteiger partial charge is 0.325 e. The highest BCUT2D eigenvalue weighted by atomic mass is 16.5. The number of carbonyl (C=O) groups is 1. The van der Waals surface area contributed by atoms with Gasteiger partial charge in [-0.3, -0.25) is 9.69 Å². The first-order valence-corrected chi connectivity index (χ1v) is 8.04. The minimum absolute atomic E-state index is 0.256. The van der Waals surface area contributed by atoms with Gasteiger partial charge in [0.1, 0.15) is 6.04 Å². The molecule has 132 valence electrons. The Labute approximate surface area is 146 Å². The van der Waals surface area contributed by atoms with Crippen LogP contribution in [0.4, 0.5) is 0 Å². The van der Waals surface area contributed by atoms with Crippen LogP contribution >= 0.6 is 0 Å². The molecule has 7 nitrogen and oxygen atoms in total. The summed E-state index contributed by atoms with van der Waals surface area (Å²) in [4.78, 5) is 17.6. The number of benzene rings is 1. The highest BCUT2D eigenvalue weighted by Gasteiger charge is 2.27. The maximum atomic E-state index is 11.8. The molecule has 0 saturated heterocycles. The summed E-state index contributed by atoms with van der Waals surface area (Å²) in [6.45, 7) is 5.81. The molecule has 0 saturated carbocycles. The van der Waals surface area contributed by atoms with E-state index >= 15 is 0 Å². The molecular weight excluding hydrogens is 320 g/mol. The van der Waals surface area contributed by atoms with E-state index in [9.17, 15) is 15.2 Å². The second-order valence-electron chi connectivity index (χ2n) is 6.47. The Hall–Kier alpha value is -2.72. The number of nitriles is 1. The van der Waals surface area contributed by atoms with E-state index in [1.165, 1.54) is 0 Å². The van der Waals surface area contributed by atoms with Gasteiger partial charge in [-0.1, -0.05) is 36.3 Å².